The summed E-state index contributed by atoms with van der Waals surface area (Å²) in [7, 11) is 0. The van der Waals surface area contributed by atoms with Crippen LogP contribution in [0.25, 0.3) is 0 Å². The Morgan fingerprint density at radius 2 is 0.958 bits per heavy atom. The Morgan fingerprint density at radius 1 is 0.521 bits per heavy atom. The van der Waals surface area contributed by atoms with Crippen LogP contribution in [0.15, 0.2) is 134 Å². The van der Waals surface area contributed by atoms with Crippen LogP contribution < -0.4 is 0 Å². The summed E-state index contributed by atoms with van der Waals surface area (Å²) in [6.45, 7) is 5.19. The Kier molecular flexibility index (Phi) is 21.0. The van der Waals surface area contributed by atoms with Gasteiger partial charge in [-0.2, -0.15) is 0 Å². The van der Waals surface area contributed by atoms with E-state index in [1.165, 1.54) is 75.3 Å². The fourth-order valence-electron chi connectivity index (χ4n) is 5.61. The monoisotopic (exact) mass is 751 g/mol. The topological polar surface area (TPSA) is 9.72 Å². The molecule has 2 aromatic rings. The zero-order valence-corrected chi connectivity index (χ0v) is 31.9. The van der Waals surface area contributed by atoms with Crippen LogP contribution in [0.3, 0.4) is 0 Å². The summed E-state index contributed by atoms with van der Waals surface area (Å²) in [5.74, 6) is 0. The van der Waals surface area contributed by atoms with Crippen molar-refractivity contribution >= 4 is 39.1 Å². The van der Waals surface area contributed by atoms with E-state index in [-0.39, 0.29) is 11.0 Å². The fourth-order valence-corrected chi connectivity index (χ4v) is 6.66. The third kappa shape index (κ3) is 16.6. The van der Waals surface area contributed by atoms with Crippen LogP contribution in [0.4, 0.5) is 0 Å². The molecule has 0 spiro atoms. The third-order valence-electron chi connectivity index (χ3n) is 8.44. The number of hydrogen-bond acceptors (Lipinski definition) is 3. The molecule has 5 rings (SSSR count). The molecule has 0 aromatic heterocycles. The van der Waals surface area contributed by atoms with Crippen LogP contribution in [-0.4, -0.2) is 43.6 Å². The zero-order valence-electron chi connectivity index (χ0n) is 28.8. The molecular formula is C42H56BrCl2N3. The predicted octanol–water partition coefficient (Wildman–Crippen LogP) is 12.3. The Labute approximate surface area is 310 Å². The van der Waals surface area contributed by atoms with Crippen LogP contribution in [0.2, 0.25) is 0 Å². The van der Waals surface area contributed by atoms with Gasteiger partial charge in [0.15, 0.2) is 0 Å². The lowest BCUT2D eigenvalue weighted by Gasteiger charge is -2.29. The third-order valence-corrected chi connectivity index (χ3v) is 9.90. The number of benzene rings is 2. The largest absolute Gasteiger partial charge is 0.366 e. The molecule has 0 radical (unpaired) electrons. The van der Waals surface area contributed by atoms with E-state index in [0.29, 0.717) is 6.04 Å². The van der Waals surface area contributed by atoms with E-state index >= 15 is 0 Å². The van der Waals surface area contributed by atoms with Gasteiger partial charge in [0.1, 0.15) is 11.0 Å². The molecule has 0 fully saturated rings. The fraction of sp³-hybridized carbons (Fsp3) is 0.429. The van der Waals surface area contributed by atoms with Crippen LogP contribution in [0, 0.1) is 0 Å². The average molecular weight is 754 g/mol. The second kappa shape index (κ2) is 25.3. The van der Waals surface area contributed by atoms with E-state index in [0.717, 1.165) is 25.0 Å². The van der Waals surface area contributed by atoms with Crippen molar-refractivity contribution in [3.63, 3.8) is 0 Å². The highest BCUT2D eigenvalue weighted by Gasteiger charge is 2.13. The van der Waals surface area contributed by atoms with Gasteiger partial charge in [-0.25, -0.2) is 0 Å². The van der Waals surface area contributed by atoms with Gasteiger partial charge in [-0.1, -0.05) is 189 Å². The van der Waals surface area contributed by atoms with Crippen molar-refractivity contribution in [1.82, 2.24) is 14.7 Å². The molecular weight excluding hydrogens is 697 g/mol. The standard InChI is InChI=1S/C17H30ClN.C13H14BrN.C12H12ClN/c1-2-3-4-5-6-7-8-9-10-12-15-19-16-13-11-14-17(19)18;14-10-13-8-4-5-9-15(13)11-12-6-2-1-3-7-12;13-12-8-4-5-9-14(12)10-11-6-2-1-3-7-11/h11,13-14,16-17H,2-10,12,15H2,1H3;1-9,13H,10-11H2;1-9,12H,10H2. The molecule has 3 aliphatic rings. The summed E-state index contributed by atoms with van der Waals surface area (Å²) in [6.07, 6.45) is 38.6. The van der Waals surface area contributed by atoms with Crippen molar-refractivity contribution in [2.45, 2.75) is 101 Å². The van der Waals surface area contributed by atoms with Gasteiger partial charge in [-0.15, -0.1) is 0 Å². The van der Waals surface area contributed by atoms with Crippen LogP contribution in [0.1, 0.15) is 82.3 Å². The Hall–Kier alpha value is -2.66. The number of unbranched alkanes of at least 4 members (excludes halogenated alkanes) is 9. The molecule has 2 aromatic carbocycles. The minimum atomic E-state index is -0.0276. The lowest BCUT2D eigenvalue weighted by molar-refractivity contribution is 0.330. The first-order valence-electron chi connectivity index (χ1n) is 17.8. The molecule has 3 heterocycles. The van der Waals surface area contributed by atoms with Crippen LogP contribution in [0.5, 0.6) is 0 Å². The molecule has 3 atom stereocenters. The highest BCUT2D eigenvalue weighted by Crippen LogP contribution is 2.17. The molecule has 3 nitrogen and oxygen atoms in total. The maximum absolute atomic E-state index is 6.19. The van der Waals surface area contributed by atoms with E-state index in [2.05, 4.69) is 117 Å². The Morgan fingerprint density at radius 3 is 1.46 bits per heavy atom. The summed E-state index contributed by atoms with van der Waals surface area (Å²) in [5, 5.41) is 0.973. The minimum Gasteiger partial charge on any atom is -0.366 e. The molecule has 0 bridgehead atoms. The van der Waals surface area contributed by atoms with Gasteiger partial charge < -0.3 is 14.7 Å². The second-order valence-electron chi connectivity index (χ2n) is 12.4. The van der Waals surface area contributed by atoms with Crippen LogP contribution >= 0.6 is 39.1 Å². The smallest absolute Gasteiger partial charge is 0.123 e. The molecule has 260 valence electrons. The van der Waals surface area contributed by atoms with E-state index in [4.69, 9.17) is 23.2 Å². The maximum Gasteiger partial charge on any atom is 0.123 e. The molecule has 0 saturated heterocycles. The van der Waals surface area contributed by atoms with E-state index in [1.807, 2.05) is 54.8 Å². The van der Waals surface area contributed by atoms with Gasteiger partial charge in [0.05, 0.1) is 6.04 Å². The molecule has 6 heteroatoms. The predicted molar refractivity (Wildman–Crippen MR) is 214 cm³/mol. The summed E-state index contributed by atoms with van der Waals surface area (Å²) in [6, 6.07) is 21.3. The highest BCUT2D eigenvalue weighted by atomic mass is 79.9. The number of rotatable bonds is 16. The summed E-state index contributed by atoms with van der Waals surface area (Å²) in [4.78, 5) is 6.65. The highest BCUT2D eigenvalue weighted by molar-refractivity contribution is 9.09. The first-order chi connectivity index (χ1) is 23.6. The van der Waals surface area contributed by atoms with Crippen molar-refractivity contribution in [3.05, 3.63) is 145 Å². The normalized spacial score (nSPS) is 19.2. The van der Waals surface area contributed by atoms with Gasteiger partial charge in [0, 0.05) is 37.4 Å². The Balaban J connectivity index is 0.000000198. The van der Waals surface area contributed by atoms with Crippen LogP contribution in [-0.2, 0) is 13.1 Å². The lowest BCUT2D eigenvalue weighted by atomic mass is 10.1. The summed E-state index contributed by atoms with van der Waals surface area (Å²) < 4.78 is 0. The number of hydrogen-bond donors (Lipinski definition) is 0. The average Bonchev–Trinajstić information content (AvgIpc) is 3.12. The van der Waals surface area contributed by atoms with Gasteiger partial charge in [-0.3, -0.25) is 0 Å². The summed E-state index contributed by atoms with van der Waals surface area (Å²) in [5.41, 5.74) is 2.66. The van der Waals surface area contributed by atoms with Gasteiger partial charge in [0.25, 0.3) is 0 Å². The Bertz CT molecular complexity index is 1270. The molecule has 0 aliphatic carbocycles. The van der Waals surface area contributed by atoms with Gasteiger partial charge in [0.2, 0.25) is 0 Å². The number of alkyl halides is 3. The maximum atomic E-state index is 6.19. The number of allylic oxidation sites excluding steroid dienone is 6. The first-order valence-corrected chi connectivity index (χ1v) is 19.8. The number of halogens is 3. The molecule has 0 saturated carbocycles. The zero-order chi connectivity index (χ0) is 34.1. The molecule has 3 aliphatic heterocycles. The minimum absolute atomic E-state index is 0.0276. The SMILES string of the molecule is BrCC1C=CC=CN1Cc1ccccc1.CCCCCCCCCCCCN1C=CC=CC1Cl.ClC1C=CC=CN1Cc1ccccc1. The molecule has 0 N–H and O–H groups in total. The van der Waals surface area contributed by atoms with Gasteiger partial charge in [-0.05, 0) is 54.1 Å². The second-order valence-corrected chi connectivity index (χ2v) is 13.9. The molecule has 3 unspecified atom stereocenters. The van der Waals surface area contributed by atoms with Crippen molar-refractivity contribution in [1.29, 1.82) is 0 Å². The first kappa shape index (κ1) is 39.8. The van der Waals surface area contributed by atoms with Crippen molar-refractivity contribution in [2.75, 3.05) is 11.9 Å². The summed E-state index contributed by atoms with van der Waals surface area (Å²) >= 11 is 15.9. The van der Waals surface area contributed by atoms with E-state index in [9.17, 15) is 0 Å². The van der Waals surface area contributed by atoms with Crippen molar-refractivity contribution < 1.29 is 0 Å². The van der Waals surface area contributed by atoms with E-state index < -0.39 is 0 Å². The van der Waals surface area contributed by atoms with Crippen molar-refractivity contribution in [3.8, 4) is 0 Å². The number of nitrogens with zero attached hydrogens (tertiary/aromatic N) is 3. The van der Waals surface area contributed by atoms with E-state index in [1.54, 1.807) is 0 Å². The molecule has 0 amide bonds. The van der Waals surface area contributed by atoms with Gasteiger partial charge >= 0.3 is 0 Å². The molecule has 48 heavy (non-hydrogen) atoms. The quantitative estimate of drug-likeness (QED) is 0.0960. The van der Waals surface area contributed by atoms with Crippen molar-refractivity contribution in [2.24, 2.45) is 0 Å². The lowest BCUT2D eigenvalue weighted by Crippen LogP contribution is -2.31.